The van der Waals surface area contributed by atoms with Gasteiger partial charge in [0.15, 0.2) is 0 Å². The van der Waals surface area contributed by atoms with Crippen molar-refractivity contribution in [1.82, 2.24) is 0 Å². The molecule has 0 N–H and O–H groups in total. The van der Waals surface area contributed by atoms with Crippen LogP contribution in [0.2, 0.25) is 0 Å². The molecule has 0 fully saturated rings. The van der Waals surface area contributed by atoms with Gasteiger partial charge in [0.2, 0.25) is 0 Å². The number of hydrogen-bond acceptors (Lipinski definition) is 2. The first kappa shape index (κ1) is 39.0. The van der Waals surface area contributed by atoms with E-state index in [4.69, 9.17) is 19.2 Å². The second-order valence-electron chi connectivity index (χ2n) is 15.9. The molecule has 4 aliphatic carbocycles. The lowest BCUT2D eigenvalue weighted by atomic mass is 9.71. The molecule has 4 aromatic rings. The number of allylic oxidation sites excluding steroid dienone is 15. The van der Waals surface area contributed by atoms with Crippen LogP contribution in [0.3, 0.4) is 0 Å². The molecular formula is C56H53NS. The van der Waals surface area contributed by atoms with Gasteiger partial charge in [0.25, 0.3) is 0 Å². The van der Waals surface area contributed by atoms with Crippen LogP contribution >= 0.6 is 12.6 Å². The molecule has 0 saturated carbocycles. The van der Waals surface area contributed by atoms with Crippen molar-refractivity contribution in [2.45, 2.75) is 70.1 Å². The number of fused-ring (bicyclic) bond motifs is 6. The summed E-state index contributed by atoms with van der Waals surface area (Å²) in [6.07, 6.45) is 37.9. The maximum absolute atomic E-state index is 5.44. The van der Waals surface area contributed by atoms with Crippen LogP contribution in [0.25, 0.3) is 34.4 Å². The fourth-order valence-corrected chi connectivity index (χ4v) is 10.0. The molecule has 4 aromatic carbocycles. The molecule has 0 amide bonds. The maximum Gasteiger partial charge on any atom is 0.0534 e. The number of hydrogen-bond donors (Lipinski definition) is 1. The number of anilines is 2. The summed E-state index contributed by atoms with van der Waals surface area (Å²) >= 11 is 5.44. The van der Waals surface area contributed by atoms with E-state index < -0.39 is 5.41 Å². The van der Waals surface area contributed by atoms with E-state index in [1.807, 2.05) is 6.08 Å². The van der Waals surface area contributed by atoms with E-state index in [2.05, 4.69) is 185 Å². The molecule has 0 saturated heterocycles. The zero-order valence-electron chi connectivity index (χ0n) is 34.4. The summed E-state index contributed by atoms with van der Waals surface area (Å²) in [6.45, 7) is 22.5. The van der Waals surface area contributed by atoms with Gasteiger partial charge in [-0.15, -0.1) is 12.6 Å². The minimum Gasteiger partial charge on any atom is -0.309 e. The molecule has 288 valence electrons. The van der Waals surface area contributed by atoms with Crippen LogP contribution in [0.5, 0.6) is 0 Å². The first-order valence-electron chi connectivity index (χ1n) is 20.6. The topological polar surface area (TPSA) is 3.24 Å². The van der Waals surface area contributed by atoms with E-state index >= 15 is 0 Å². The minimum absolute atomic E-state index is 0.474. The van der Waals surface area contributed by atoms with Crippen LogP contribution in [0.4, 0.5) is 11.4 Å². The van der Waals surface area contributed by atoms with Crippen LogP contribution in [0, 0.1) is 13.8 Å². The van der Waals surface area contributed by atoms with E-state index in [1.54, 1.807) is 0 Å². The van der Waals surface area contributed by atoms with Crippen molar-refractivity contribution in [3.05, 3.63) is 220 Å². The van der Waals surface area contributed by atoms with E-state index in [-0.39, 0.29) is 0 Å². The summed E-state index contributed by atoms with van der Waals surface area (Å²) in [6, 6.07) is 20.4. The Labute approximate surface area is 352 Å². The smallest absolute Gasteiger partial charge is 0.0534 e. The second-order valence-corrected chi connectivity index (χ2v) is 16.3. The lowest BCUT2D eigenvalue weighted by Crippen LogP contribution is -2.26. The molecule has 2 heteroatoms. The van der Waals surface area contributed by atoms with E-state index in [0.29, 0.717) is 0 Å². The highest BCUT2D eigenvalue weighted by atomic mass is 32.1. The van der Waals surface area contributed by atoms with Gasteiger partial charge in [-0.2, -0.15) is 0 Å². The van der Waals surface area contributed by atoms with E-state index in [1.165, 1.54) is 61.2 Å². The van der Waals surface area contributed by atoms with Crippen molar-refractivity contribution in [3.8, 4) is 22.3 Å². The SMILES string of the molecule is C=C/C(=C\C=C/C)C1(C)c2ccccc2-c2c(S)c(C)c(N(/C3=C/C=C\C/C=C\C=C/C(=C)C3=C)c3ccc(-c4cc5c(c6c4C=CCC6)CCC=C5)cc3)c(C)c21. The first-order chi connectivity index (χ1) is 28.2. The van der Waals surface area contributed by atoms with Crippen LogP contribution in [0.15, 0.2) is 181 Å². The van der Waals surface area contributed by atoms with Crippen molar-refractivity contribution >= 4 is 36.2 Å². The molecule has 58 heavy (non-hydrogen) atoms. The molecule has 0 spiro atoms. The standard InChI is InChI=1S/C56H53NS/c1-8-10-25-43(9-2)56(7)50-30-22-21-29-48(50)52-53(56)39(5)54(40(6)55(52)58)57(51-31-16-14-12-11-13-15-23-37(3)38(51)4)44-34-32-41(33-35-44)49-36-42-24-17-18-26-45(42)46-27-19-20-28-47(46)49/h8-11,13-17,20-25,28-36,58H,2-4,12,18-19,26-27H2,1,5-7H3/b10-8-,13-11-,16-14-,23-15-,43-25+,51-31+. The van der Waals surface area contributed by atoms with Gasteiger partial charge in [-0.1, -0.05) is 141 Å². The molecule has 1 atom stereocenters. The van der Waals surface area contributed by atoms with E-state index in [9.17, 15) is 0 Å². The van der Waals surface area contributed by atoms with Gasteiger partial charge in [-0.05, 0) is 162 Å². The Hall–Kier alpha value is -5.83. The first-order valence-corrected chi connectivity index (χ1v) is 21.1. The Morgan fingerprint density at radius 1 is 0.828 bits per heavy atom. The zero-order chi connectivity index (χ0) is 40.6. The Bertz CT molecular complexity index is 2630. The largest absolute Gasteiger partial charge is 0.309 e. The van der Waals surface area contributed by atoms with E-state index in [0.717, 1.165) is 76.4 Å². The van der Waals surface area contributed by atoms with Crippen molar-refractivity contribution in [2.24, 2.45) is 0 Å². The lowest BCUT2D eigenvalue weighted by molar-refractivity contribution is 0.705. The minimum atomic E-state index is -0.474. The number of benzene rings is 4. The Morgan fingerprint density at radius 3 is 2.34 bits per heavy atom. The summed E-state index contributed by atoms with van der Waals surface area (Å²) < 4.78 is 0. The van der Waals surface area contributed by atoms with Crippen molar-refractivity contribution < 1.29 is 0 Å². The van der Waals surface area contributed by atoms with Crippen LogP contribution in [-0.2, 0) is 18.3 Å². The summed E-state index contributed by atoms with van der Waals surface area (Å²) in [4.78, 5) is 3.38. The van der Waals surface area contributed by atoms with Gasteiger partial charge >= 0.3 is 0 Å². The van der Waals surface area contributed by atoms with Crippen molar-refractivity contribution in [1.29, 1.82) is 0 Å². The van der Waals surface area contributed by atoms with Crippen molar-refractivity contribution in [3.63, 3.8) is 0 Å². The van der Waals surface area contributed by atoms with Gasteiger partial charge in [0.1, 0.15) is 0 Å². The molecule has 1 unspecified atom stereocenters. The third kappa shape index (κ3) is 6.54. The molecule has 0 aliphatic heterocycles. The van der Waals surface area contributed by atoms with Gasteiger partial charge in [0.05, 0.1) is 11.4 Å². The third-order valence-corrected chi connectivity index (χ3v) is 13.1. The monoisotopic (exact) mass is 771 g/mol. The highest BCUT2D eigenvalue weighted by molar-refractivity contribution is 7.80. The predicted octanol–water partition coefficient (Wildman–Crippen LogP) is 15.4. The highest BCUT2D eigenvalue weighted by Gasteiger charge is 2.45. The normalized spacial score (nSPS) is 21.0. The fourth-order valence-electron chi connectivity index (χ4n) is 9.68. The van der Waals surface area contributed by atoms with Gasteiger partial charge < -0.3 is 4.90 Å². The molecule has 8 rings (SSSR count). The number of thiol groups is 1. The molecular weight excluding hydrogens is 719 g/mol. The highest BCUT2D eigenvalue weighted by Crippen LogP contribution is 2.59. The molecule has 0 heterocycles. The molecule has 0 radical (unpaired) electrons. The predicted molar refractivity (Wildman–Crippen MR) is 255 cm³/mol. The average molecular weight is 772 g/mol. The third-order valence-electron chi connectivity index (χ3n) is 12.6. The summed E-state index contributed by atoms with van der Waals surface area (Å²) in [5.74, 6) is 0. The fraction of sp³-hybridized carbons (Fsp3) is 0.179. The average Bonchev–Trinajstić information content (AvgIpc) is 3.51. The quantitative estimate of drug-likeness (QED) is 0.145. The molecule has 4 aliphatic rings. The Balaban J connectivity index is 1.39. The summed E-state index contributed by atoms with van der Waals surface area (Å²) in [5, 5.41) is 0. The van der Waals surface area contributed by atoms with Gasteiger partial charge in [0, 0.05) is 21.6 Å². The van der Waals surface area contributed by atoms with Crippen LogP contribution in [-0.4, -0.2) is 0 Å². The van der Waals surface area contributed by atoms with Crippen LogP contribution in [0.1, 0.15) is 77.6 Å². The summed E-state index contributed by atoms with van der Waals surface area (Å²) in [5.41, 5.74) is 21.0. The van der Waals surface area contributed by atoms with Gasteiger partial charge in [-0.25, -0.2) is 0 Å². The number of rotatable bonds is 7. The van der Waals surface area contributed by atoms with Crippen LogP contribution < -0.4 is 4.90 Å². The summed E-state index contributed by atoms with van der Waals surface area (Å²) in [7, 11) is 0. The maximum atomic E-state index is 5.44. The van der Waals surface area contributed by atoms with Gasteiger partial charge in [-0.3, -0.25) is 0 Å². The Kier molecular flexibility index (Phi) is 10.9. The van der Waals surface area contributed by atoms with Crippen molar-refractivity contribution in [2.75, 3.05) is 4.90 Å². The molecule has 0 bridgehead atoms. The molecule has 0 aromatic heterocycles. The zero-order valence-corrected chi connectivity index (χ0v) is 35.3. The lowest BCUT2D eigenvalue weighted by Gasteiger charge is -2.36. The Morgan fingerprint density at radius 2 is 1.57 bits per heavy atom. The molecule has 1 nitrogen and oxygen atoms in total. The second kappa shape index (κ2) is 16.2. The number of nitrogens with zero attached hydrogens (tertiary/aromatic N) is 1.